The van der Waals surface area contributed by atoms with Gasteiger partial charge < -0.3 is 0 Å². The molecule has 0 unspecified atom stereocenters. The molecule has 1 aliphatic carbocycles. The Labute approximate surface area is 292 Å². The average molecular weight is 777 g/mol. The molecular weight excluding hydrogens is 747 g/mol. The van der Waals surface area contributed by atoms with Gasteiger partial charge in [-0.15, -0.1) is 0 Å². The molecule has 0 saturated heterocycles. The van der Waals surface area contributed by atoms with Crippen molar-refractivity contribution in [1.29, 1.82) is 0 Å². The van der Waals surface area contributed by atoms with Gasteiger partial charge in [0, 0.05) is 26.5 Å². The van der Waals surface area contributed by atoms with Gasteiger partial charge in [-0.2, -0.15) is 23.4 Å². The fourth-order valence-electron chi connectivity index (χ4n) is 6.51. The third-order valence-corrected chi connectivity index (χ3v) is 10.00. The molecule has 1 fully saturated rings. The first kappa shape index (κ1) is 32.5. The Kier molecular flexibility index (Phi) is 8.62. The van der Waals surface area contributed by atoms with E-state index in [2.05, 4.69) is 48.0 Å². The molecule has 48 heavy (non-hydrogen) atoms. The summed E-state index contributed by atoms with van der Waals surface area (Å²) in [5.41, 5.74) is 4.25. The van der Waals surface area contributed by atoms with E-state index in [0.29, 0.717) is 10.1 Å². The van der Waals surface area contributed by atoms with E-state index in [9.17, 15) is 18.0 Å². The maximum absolute atomic E-state index is 14.4. The lowest BCUT2D eigenvalue weighted by atomic mass is 9.77. The number of hydrazone groups is 1. The number of alkyl halides is 3. The van der Waals surface area contributed by atoms with Gasteiger partial charge in [-0.3, -0.25) is 4.79 Å². The molecule has 3 heterocycles. The van der Waals surface area contributed by atoms with Crippen LogP contribution in [0.4, 0.5) is 13.2 Å². The normalized spacial score (nSPS) is 18.9. The molecule has 1 amide bonds. The van der Waals surface area contributed by atoms with Gasteiger partial charge in [-0.25, -0.2) is 14.5 Å². The van der Waals surface area contributed by atoms with Crippen molar-refractivity contribution in [1.82, 2.24) is 19.6 Å². The van der Waals surface area contributed by atoms with Crippen molar-refractivity contribution >= 4 is 55.2 Å². The third-order valence-electron chi connectivity index (χ3n) is 8.94. The third kappa shape index (κ3) is 6.25. The zero-order valence-electron chi connectivity index (χ0n) is 26.0. The van der Waals surface area contributed by atoms with Crippen molar-refractivity contribution in [2.24, 2.45) is 11.0 Å². The second-order valence-electron chi connectivity index (χ2n) is 12.5. The molecule has 1 saturated carbocycles. The number of hydrogen-bond acceptors (Lipinski definition) is 4. The van der Waals surface area contributed by atoms with E-state index in [1.807, 2.05) is 74.5 Å². The van der Waals surface area contributed by atoms with Crippen molar-refractivity contribution < 1.29 is 18.0 Å². The number of nitrogens with zero attached hydrogens (tertiary/aromatic N) is 5. The van der Waals surface area contributed by atoms with E-state index in [0.717, 1.165) is 62.2 Å². The molecule has 11 heteroatoms. The fourth-order valence-corrected chi connectivity index (χ4v) is 7.03. The molecule has 7 rings (SSSR count). The minimum atomic E-state index is -4.74. The van der Waals surface area contributed by atoms with Crippen LogP contribution in [0.2, 0.25) is 0 Å². The molecule has 0 spiro atoms. The van der Waals surface area contributed by atoms with Crippen LogP contribution in [0.3, 0.4) is 0 Å². The highest BCUT2D eigenvalue weighted by molar-refractivity contribution is 9.10. The fraction of sp³-hybridized carbons (Fsp3) is 0.243. The Bertz CT molecular complexity index is 2070. The van der Waals surface area contributed by atoms with Crippen LogP contribution < -0.4 is 0 Å². The topological polar surface area (TPSA) is 62.9 Å². The zero-order valence-corrected chi connectivity index (χ0v) is 29.2. The summed E-state index contributed by atoms with van der Waals surface area (Å²) in [6, 6.07) is 24.9. The molecule has 3 aromatic carbocycles. The Morgan fingerprint density at radius 2 is 1.60 bits per heavy atom. The van der Waals surface area contributed by atoms with Crippen LogP contribution in [-0.2, 0) is 6.18 Å². The number of carbonyl (C=O) groups excluding carboxylic acids is 1. The number of allylic oxidation sites excluding steroid dienone is 1. The first-order valence-electron chi connectivity index (χ1n) is 15.7. The number of benzene rings is 3. The molecule has 2 aromatic heterocycles. The van der Waals surface area contributed by atoms with Crippen LogP contribution in [-0.4, -0.2) is 31.2 Å². The molecule has 2 atom stereocenters. The SMILES string of the molecule is CC(C)c1ccc(-c2cc(C(F)(F)F)n3nc(C(=O)N4N=C5/C(=C/c6ccc(Br)cc6)CCC[C@@H]5[C@@H]4c4ccc(Br)cc4)cc3n2)cc1. The van der Waals surface area contributed by atoms with E-state index in [1.165, 1.54) is 11.1 Å². The molecule has 1 aliphatic heterocycles. The monoisotopic (exact) mass is 775 g/mol. The van der Waals surface area contributed by atoms with Gasteiger partial charge in [0.05, 0.1) is 17.4 Å². The molecular formula is C37H30Br2F3N5O. The summed E-state index contributed by atoms with van der Waals surface area (Å²) in [6.45, 7) is 4.10. The Morgan fingerprint density at radius 3 is 2.25 bits per heavy atom. The molecule has 6 nitrogen and oxygen atoms in total. The molecule has 0 radical (unpaired) electrons. The molecule has 5 aromatic rings. The van der Waals surface area contributed by atoms with Gasteiger partial charge in [0.25, 0.3) is 5.91 Å². The Morgan fingerprint density at radius 1 is 0.938 bits per heavy atom. The predicted molar refractivity (Wildman–Crippen MR) is 187 cm³/mol. The largest absolute Gasteiger partial charge is 0.433 e. The minimum Gasteiger partial charge on any atom is -0.265 e. The van der Waals surface area contributed by atoms with Crippen molar-refractivity contribution in [2.75, 3.05) is 0 Å². The lowest BCUT2D eigenvalue weighted by molar-refractivity contribution is -0.142. The number of carbonyl (C=O) groups is 1. The maximum atomic E-state index is 14.4. The van der Waals surface area contributed by atoms with Gasteiger partial charge in [0.15, 0.2) is 17.0 Å². The molecule has 244 valence electrons. The van der Waals surface area contributed by atoms with Crippen LogP contribution >= 0.6 is 31.9 Å². The van der Waals surface area contributed by atoms with E-state index in [1.54, 1.807) is 12.1 Å². The van der Waals surface area contributed by atoms with E-state index >= 15 is 0 Å². The van der Waals surface area contributed by atoms with Crippen LogP contribution in [0.5, 0.6) is 0 Å². The summed E-state index contributed by atoms with van der Waals surface area (Å²) < 4.78 is 45.9. The number of amides is 1. The lowest BCUT2D eigenvalue weighted by Crippen LogP contribution is -2.32. The van der Waals surface area contributed by atoms with E-state index in [4.69, 9.17) is 5.10 Å². The molecule has 0 N–H and O–H groups in total. The lowest BCUT2D eigenvalue weighted by Gasteiger charge is -2.29. The standard InChI is InChI=1S/C37H30Br2F3N5O/c1-21(2)23-8-10-24(11-9-23)30-19-32(37(40,41)42)46-33(43-30)20-31(44-46)36(48)47-35(25-12-16-28(39)17-13-25)29-5-3-4-26(34(29)45-47)18-22-6-14-27(38)15-7-22/h6-21,29,35H,3-5H2,1-2H3/b26-18+/t29-,35-/m0/s1. The predicted octanol–water partition coefficient (Wildman–Crippen LogP) is 10.5. The summed E-state index contributed by atoms with van der Waals surface area (Å²) in [4.78, 5) is 18.9. The zero-order chi connectivity index (χ0) is 33.7. The van der Waals surface area contributed by atoms with Crippen molar-refractivity contribution in [2.45, 2.75) is 51.2 Å². The number of hydrogen-bond donors (Lipinski definition) is 0. The Balaban J connectivity index is 1.32. The second kappa shape index (κ2) is 12.7. The highest BCUT2D eigenvalue weighted by Crippen LogP contribution is 2.45. The number of halogens is 5. The van der Waals surface area contributed by atoms with Crippen molar-refractivity contribution in [3.05, 3.63) is 128 Å². The smallest absolute Gasteiger partial charge is 0.265 e. The summed E-state index contributed by atoms with van der Waals surface area (Å²) in [5, 5.41) is 10.5. The summed E-state index contributed by atoms with van der Waals surface area (Å²) in [7, 11) is 0. The van der Waals surface area contributed by atoms with Crippen LogP contribution in [0.1, 0.15) is 77.9 Å². The summed E-state index contributed by atoms with van der Waals surface area (Å²) >= 11 is 6.98. The van der Waals surface area contributed by atoms with Gasteiger partial charge in [0.1, 0.15) is 0 Å². The van der Waals surface area contributed by atoms with Crippen LogP contribution in [0.15, 0.2) is 105 Å². The number of aromatic nitrogens is 3. The second-order valence-corrected chi connectivity index (χ2v) is 14.3. The first-order chi connectivity index (χ1) is 23.0. The number of fused-ring (bicyclic) bond motifs is 2. The number of rotatable bonds is 5. The molecule has 0 bridgehead atoms. The van der Waals surface area contributed by atoms with Crippen molar-refractivity contribution in [3.8, 4) is 11.3 Å². The summed E-state index contributed by atoms with van der Waals surface area (Å²) in [6.07, 6.45) is -0.117. The van der Waals surface area contributed by atoms with Crippen molar-refractivity contribution in [3.63, 3.8) is 0 Å². The minimum absolute atomic E-state index is 0.0728. The van der Waals surface area contributed by atoms with Crippen LogP contribution in [0.25, 0.3) is 23.0 Å². The van der Waals surface area contributed by atoms with Gasteiger partial charge in [-0.1, -0.05) is 94.2 Å². The van der Waals surface area contributed by atoms with Gasteiger partial charge in [0.2, 0.25) is 0 Å². The molecule has 2 aliphatic rings. The summed E-state index contributed by atoms with van der Waals surface area (Å²) in [5.74, 6) is -0.406. The average Bonchev–Trinajstić information content (AvgIpc) is 3.68. The first-order valence-corrected chi connectivity index (χ1v) is 17.3. The highest BCUT2D eigenvalue weighted by atomic mass is 79.9. The Hall–Kier alpha value is -4.09. The van der Waals surface area contributed by atoms with Crippen LogP contribution in [0, 0.1) is 5.92 Å². The quantitative estimate of drug-likeness (QED) is 0.179. The van der Waals surface area contributed by atoms with E-state index < -0.39 is 23.8 Å². The van der Waals surface area contributed by atoms with Gasteiger partial charge >= 0.3 is 6.18 Å². The van der Waals surface area contributed by atoms with Gasteiger partial charge in [-0.05, 0) is 83.9 Å². The maximum Gasteiger partial charge on any atom is 0.433 e. The highest BCUT2D eigenvalue weighted by Gasteiger charge is 2.45. The van der Waals surface area contributed by atoms with E-state index in [-0.39, 0.29) is 28.9 Å².